The van der Waals surface area contributed by atoms with E-state index >= 15 is 0 Å². The summed E-state index contributed by atoms with van der Waals surface area (Å²) in [5, 5.41) is 9.82. The van der Waals surface area contributed by atoms with Gasteiger partial charge < -0.3 is 5.11 Å². The predicted molar refractivity (Wildman–Crippen MR) is 57.9 cm³/mol. The van der Waals surface area contributed by atoms with Crippen molar-refractivity contribution in [1.82, 2.24) is 4.98 Å². The van der Waals surface area contributed by atoms with Crippen LogP contribution in [0, 0.1) is 6.92 Å². The Balaban J connectivity index is 2.70. The van der Waals surface area contributed by atoms with Crippen LogP contribution in [0.5, 0.6) is 0 Å². The fourth-order valence-electron chi connectivity index (χ4n) is 1.68. The fraction of sp³-hybridized carbons (Fsp3) is 0.167. The van der Waals surface area contributed by atoms with Gasteiger partial charge in [0.1, 0.15) is 6.61 Å². The molecule has 0 fully saturated rings. The highest BCUT2D eigenvalue weighted by Gasteiger charge is 2.10. The van der Waals surface area contributed by atoms with E-state index in [-0.39, 0.29) is 5.78 Å². The van der Waals surface area contributed by atoms with Gasteiger partial charge in [0.2, 0.25) is 0 Å². The van der Waals surface area contributed by atoms with Gasteiger partial charge in [0.05, 0.1) is 5.52 Å². The van der Waals surface area contributed by atoms with Crippen LogP contribution >= 0.6 is 0 Å². The first-order valence-corrected chi connectivity index (χ1v) is 4.72. The second kappa shape index (κ2) is 3.79. The summed E-state index contributed by atoms with van der Waals surface area (Å²) in [6.45, 7) is 1.39. The van der Waals surface area contributed by atoms with E-state index in [4.69, 9.17) is 5.11 Å². The lowest BCUT2D eigenvalue weighted by atomic mass is 10.0. The Morgan fingerprint density at radius 1 is 1.40 bits per heavy atom. The van der Waals surface area contributed by atoms with Crippen molar-refractivity contribution < 1.29 is 9.90 Å². The number of aliphatic hydroxyl groups excluding tert-OH is 1. The van der Waals surface area contributed by atoms with E-state index in [0.717, 1.165) is 16.5 Å². The molecule has 0 bridgehead atoms. The molecule has 0 atom stereocenters. The highest BCUT2D eigenvalue weighted by molar-refractivity contribution is 6.02. The molecule has 0 aliphatic carbocycles. The molecule has 2 rings (SSSR count). The molecule has 1 N–H and O–H groups in total. The average Bonchev–Trinajstić information content (AvgIpc) is 2.29. The minimum atomic E-state index is -0.459. The van der Waals surface area contributed by atoms with Crippen molar-refractivity contribution in [3.8, 4) is 0 Å². The van der Waals surface area contributed by atoms with Crippen molar-refractivity contribution in [2.45, 2.75) is 6.92 Å². The Kier molecular flexibility index (Phi) is 2.47. The minimum absolute atomic E-state index is 0.264. The van der Waals surface area contributed by atoms with Crippen molar-refractivity contribution in [3.63, 3.8) is 0 Å². The van der Waals surface area contributed by atoms with E-state index in [2.05, 4.69) is 4.98 Å². The fourth-order valence-corrected chi connectivity index (χ4v) is 1.68. The molecule has 0 aliphatic heterocycles. The molecule has 0 saturated carbocycles. The van der Waals surface area contributed by atoms with E-state index in [1.165, 1.54) is 0 Å². The molecular weight excluding hydrogens is 190 g/mol. The maximum atomic E-state index is 11.4. The number of hydrogen-bond acceptors (Lipinski definition) is 3. The average molecular weight is 201 g/mol. The lowest BCUT2D eigenvalue weighted by Gasteiger charge is -2.05. The number of aliphatic hydroxyl groups is 1. The van der Waals surface area contributed by atoms with E-state index in [1.807, 2.05) is 25.1 Å². The third kappa shape index (κ3) is 1.62. The largest absolute Gasteiger partial charge is 0.388 e. The summed E-state index contributed by atoms with van der Waals surface area (Å²) in [5.74, 6) is -0.264. The van der Waals surface area contributed by atoms with Crippen molar-refractivity contribution in [3.05, 3.63) is 41.6 Å². The zero-order valence-electron chi connectivity index (χ0n) is 8.40. The number of benzene rings is 1. The second-order valence-electron chi connectivity index (χ2n) is 3.39. The van der Waals surface area contributed by atoms with Gasteiger partial charge in [-0.3, -0.25) is 9.78 Å². The van der Waals surface area contributed by atoms with E-state index in [0.29, 0.717) is 5.56 Å². The zero-order chi connectivity index (χ0) is 10.8. The Bertz CT molecular complexity index is 520. The molecule has 0 spiro atoms. The second-order valence-corrected chi connectivity index (χ2v) is 3.39. The van der Waals surface area contributed by atoms with Crippen LogP contribution in [-0.2, 0) is 0 Å². The van der Waals surface area contributed by atoms with Gasteiger partial charge in [0.25, 0.3) is 0 Å². The topological polar surface area (TPSA) is 50.2 Å². The standard InChI is InChI=1S/C12H11NO2/c1-8-10(11(15)7-14)5-4-9-3-2-6-13-12(8)9/h2-6,14H,7H2,1H3. The highest BCUT2D eigenvalue weighted by atomic mass is 16.3. The van der Waals surface area contributed by atoms with Crippen molar-refractivity contribution in [2.24, 2.45) is 0 Å². The number of rotatable bonds is 2. The van der Waals surface area contributed by atoms with Gasteiger partial charge >= 0.3 is 0 Å². The van der Waals surface area contributed by atoms with Crippen LogP contribution in [0.1, 0.15) is 15.9 Å². The van der Waals surface area contributed by atoms with Crippen molar-refractivity contribution >= 4 is 16.7 Å². The Morgan fingerprint density at radius 3 is 2.93 bits per heavy atom. The molecule has 1 aromatic heterocycles. The third-order valence-corrected chi connectivity index (χ3v) is 2.47. The first-order chi connectivity index (χ1) is 7.24. The molecular formula is C12H11NO2. The molecule has 0 unspecified atom stereocenters. The smallest absolute Gasteiger partial charge is 0.188 e. The molecule has 15 heavy (non-hydrogen) atoms. The minimum Gasteiger partial charge on any atom is -0.388 e. The van der Waals surface area contributed by atoms with Gasteiger partial charge in [0.15, 0.2) is 5.78 Å². The number of nitrogens with zero attached hydrogens (tertiary/aromatic N) is 1. The number of pyridine rings is 1. The Morgan fingerprint density at radius 2 is 2.20 bits per heavy atom. The maximum Gasteiger partial charge on any atom is 0.188 e. The Labute approximate surface area is 87.4 Å². The molecule has 76 valence electrons. The van der Waals surface area contributed by atoms with Gasteiger partial charge in [0, 0.05) is 17.1 Å². The number of aromatic nitrogens is 1. The molecule has 0 radical (unpaired) electrons. The number of carbonyl (C=O) groups excluding carboxylic acids is 1. The number of Topliss-reactive ketones (excluding diaryl/α,β-unsaturated/α-hetero) is 1. The van der Waals surface area contributed by atoms with Crippen LogP contribution in [0.3, 0.4) is 0 Å². The van der Waals surface area contributed by atoms with Crippen LogP contribution in [-0.4, -0.2) is 22.5 Å². The third-order valence-electron chi connectivity index (χ3n) is 2.47. The predicted octanol–water partition coefficient (Wildman–Crippen LogP) is 1.72. The first kappa shape index (κ1) is 9.80. The summed E-state index contributed by atoms with van der Waals surface area (Å²) in [6.07, 6.45) is 1.70. The number of aryl methyl sites for hydroxylation is 1. The summed E-state index contributed by atoms with van der Waals surface area (Å²) in [5.41, 5.74) is 2.19. The number of carbonyl (C=O) groups is 1. The van der Waals surface area contributed by atoms with Crippen LogP contribution in [0.25, 0.3) is 10.9 Å². The van der Waals surface area contributed by atoms with E-state index in [1.54, 1.807) is 12.3 Å². The first-order valence-electron chi connectivity index (χ1n) is 4.72. The SMILES string of the molecule is Cc1c(C(=O)CO)ccc2cccnc12. The van der Waals surface area contributed by atoms with Crippen molar-refractivity contribution in [2.75, 3.05) is 6.61 Å². The molecule has 2 aromatic rings. The van der Waals surface area contributed by atoms with Gasteiger partial charge in [-0.25, -0.2) is 0 Å². The van der Waals surface area contributed by atoms with Gasteiger partial charge in [-0.1, -0.05) is 18.2 Å². The quantitative estimate of drug-likeness (QED) is 0.752. The molecule has 0 amide bonds. The summed E-state index contributed by atoms with van der Waals surface area (Å²) in [6, 6.07) is 7.38. The lowest BCUT2D eigenvalue weighted by molar-refractivity contribution is 0.0903. The van der Waals surface area contributed by atoms with Crippen LogP contribution in [0.4, 0.5) is 0 Å². The summed E-state index contributed by atoms with van der Waals surface area (Å²) in [7, 11) is 0. The van der Waals surface area contributed by atoms with E-state index < -0.39 is 6.61 Å². The number of hydrogen-bond donors (Lipinski definition) is 1. The number of fused-ring (bicyclic) bond motifs is 1. The lowest BCUT2D eigenvalue weighted by Crippen LogP contribution is -2.06. The number of ketones is 1. The molecule has 0 aliphatic rings. The van der Waals surface area contributed by atoms with E-state index in [9.17, 15) is 4.79 Å². The Hall–Kier alpha value is -1.74. The normalized spacial score (nSPS) is 10.5. The maximum absolute atomic E-state index is 11.4. The highest BCUT2D eigenvalue weighted by Crippen LogP contribution is 2.19. The molecule has 1 aromatic carbocycles. The molecule has 0 saturated heterocycles. The molecule has 1 heterocycles. The van der Waals surface area contributed by atoms with Gasteiger partial charge in [-0.05, 0) is 18.6 Å². The van der Waals surface area contributed by atoms with Crippen molar-refractivity contribution in [1.29, 1.82) is 0 Å². The van der Waals surface area contributed by atoms with Gasteiger partial charge in [-0.15, -0.1) is 0 Å². The summed E-state index contributed by atoms with van der Waals surface area (Å²) < 4.78 is 0. The zero-order valence-corrected chi connectivity index (χ0v) is 8.40. The molecule has 3 nitrogen and oxygen atoms in total. The van der Waals surface area contributed by atoms with Crippen LogP contribution < -0.4 is 0 Å². The monoisotopic (exact) mass is 201 g/mol. The summed E-state index contributed by atoms with van der Waals surface area (Å²) >= 11 is 0. The van der Waals surface area contributed by atoms with Crippen LogP contribution in [0.2, 0.25) is 0 Å². The van der Waals surface area contributed by atoms with Gasteiger partial charge in [-0.2, -0.15) is 0 Å². The molecule has 3 heteroatoms. The summed E-state index contributed by atoms with van der Waals surface area (Å²) in [4.78, 5) is 15.6. The van der Waals surface area contributed by atoms with Crippen LogP contribution in [0.15, 0.2) is 30.5 Å².